The Balaban J connectivity index is 1.58. The Labute approximate surface area is 162 Å². The Morgan fingerprint density at radius 1 is 1.15 bits per heavy atom. The van der Waals surface area contributed by atoms with Crippen LogP contribution in [-0.4, -0.2) is 38.2 Å². The minimum absolute atomic E-state index is 0.0929. The highest BCUT2D eigenvalue weighted by atomic mass is 35.5. The number of anilines is 1. The molecule has 7 heteroatoms. The van der Waals surface area contributed by atoms with Gasteiger partial charge in [0.05, 0.1) is 18.2 Å². The molecule has 1 fully saturated rings. The van der Waals surface area contributed by atoms with E-state index >= 15 is 0 Å². The summed E-state index contributed by atoms with van der Waals surface area (Å²) in [5.74, 6) is 0.0648. The van der Waals surface area contributed by atoms with E-state index < -0.39 is 0 Å². The number of nitrogens with one attached hydrogen (secondary N) is 2. The van der Waals surface area contributed by atoms with E-state index in [0.29, 0.717) is 34.1 Å². The Morgan fingerprint density at radius 2 is 1.85 bits per heavy atom. The van der Waals surface area contributed by atoms with E-state index in [2.05, 4.69) is 10.6 Å². The average Bonchev–Trinajstić information content (AvgIpc) is 3.20. The van der Waals surface area contributed by atoms with Crippen molar-refractivity contribution in [1.82, 2.24) is 5.32 Å². The van der Waals surface area contributed by atoms with E-state index in [9.17, 15) is 9.59 Å². The Bertz CT molecular complexity index is 817. The van der Waals surface area contributed by atoms with Crippen LogP contribution in [0.25, 0.3) is 0 Å². The first-order chi connectivity index (χ1) is 13.1. The number of halogens is 1. The molecular formula is C20H21ClN2O4. The molecular weight excluding hydrogens is 368 g/mol. The van der Waals surface area contributed by atoms with Gasteiger partial charge < -0.3 is 20.1 Å². The fourth-order valence-electron chi connectivity index (χ4n) is 2.83. The summed E-state index contributed by atoms with van der Waals surface area (Å²) in [6.45, 7) is 1.25. The number of hydrogen-bond acceptors (Lipinski definition) is 4. The number of rotatable bonds is 6. The topological polar surface area (TPSA) is 76.7 Å². The third-order valence-corrected chi connectivity index (χ3v) is 4.63. The molecule has 1 atom stereocenters. The van der Waals surface area contributed by atoms with Gasteiger partial charge in [0.2, 0.25) is 0 Å². The van der Waals surface area contributed by atoms with Crippen LogP contribution in [0.2, 0.25) is 5.02 Å². The highest BCUT2D eigenvalue weighted by Crippen LogP contribution is 2.27. The highest BCUT2D eigenvalue weighted by Gasteiger charge is 2.17. The maximum absolute atomic E-state index is 12.4. The number of amides is 2. The fraction of sp³-hybridized carbons (Fsp3) is 0.300. The third kappa shape index (κ3) is 4.99. The second kappa shape index (κ2) is 8.88. The molecule has 2 N–H and O–H groups in total. The van der Waals surface area contributed by atoms with Crippen LogP contribution in [-0.2, 0) is 4.74 Å². The third-order valence-electron chi connectivity index (χ3n) is 4.33. The van der Waals surface area contributed by atoms with E-state index in [1.807, 2.05) is 0 Å². The quantitative estimate of drug-likeness (QED) is 0.793. The molecule has 0 bridgehead atoms. The Hall–Kier alpha value is -2.57. The Kier molecular flexibility index (Phi) is 6.32. The molecule has 0 saturated carbocycles. The maximum atomic E-state index is 12.4. The van der Waals surface area contributed by atoms with Crippen molar-refractivity contribution < 1.29 is 19.1 Å². The summed E-state index contributed by atoms with van der Waals surface area (Å²) in [6, 6.07) is 11.5. The summed E-state index contributed by atoms with van der Waals surface area (Å²) in [4.78, 5) is 24.5. The molecule has 1 heterocycles. The van der Waals surface area contributed by atoms with Gasteiger partial charge in [-0.25, -0.2) is 0 Å². The first kappa shape index (κ1) is 19.2. The highest BCUT2D eigenvalue weighted by molar-refractivity contribution is 6.32. The van der Waals surface area contributed by atoms with Crippen molar-refractivity contribution in [1.29, 1.82) is 0 Å². The molecule has 1 unspecified atom stereocenters. The molecule has 6 nitrogen and oxygen atoms in total. The lowest BCUT2D eigenvalue weighted by atomic mass is 10.1. The van der Waals surface area contributed by atoms with Gasteiger partial charge in [-0.05, 0) is 55.3 Å². The van der Waals surface area contributed by atoms with Crippen LogP contribution in [0.15, 0.2) is 42.5 Å². The largest absolute Gasteiger partial charge is 0.495 e. The minimum Gasteiger partial charge on any atom is -0.495 e. The van der Waals surface area contributed by atoms with Gasteiger partial charge >= 0.3 is 0 Å². The first-order valence-corrected chi connectivity index (χ1v) is 9.09. The Morgan fingerprint density at radius 3 is 2.44 bits per heavy atom. The summed E-state index contributed by atoms with van der Waals surface area (Å²) in [5, 5.41) is 6.03. The van der Waals surface area contributed by atoms with Crippen molar-refractivity contribution in [2.45, 2.75) is 18.9 Å². The molecule has 0 spiro atoms. The molecule has 0 aliphatic carbocycles. The van der Waals surface area contributed by atoms with E-state index in [1.54, 1.807) is 42.5 Å². The number of carbonyl (C=O) groups is 2. The van der Waals surface area contributed by atoms with Crippen LogP contribution in [0.5, 0.6) is 5.75 Å². The number of methoxy groups -OCH3 is 1. The van der Waals surface area contributed by atoms with E-state index in [-0.39, 0.29) is 17.9 Å². The standard InChI is InChI=1S/C20H21ClN2O4/c1-26-18-9-8-15(11-17(18)21)23-20(25)14-6-4-13(5-7-14)19(24)22-12-16-3-2-10-27-16/h4-9,11,16H,2-3,10,12H2,1H3,(H,22,24)(H,23,25). The maximum Gasteiger partial charge on any atom is 0.255 e. The summed E-state index contributed by atoms with van der Waals surface area (Å²) in [7, 11) is 1.53. The van der Waals surface area contributed by atoms with Crippen molar-refractivity contribution in [2.75, 3.05) is 25.6 Å². The summed E-state index contributed by atoms with van der Waals surface area (Å²) in [5.41, 5.74) is 1.50. The van der Waals surface area contributed by atoms with Crippen molar-refractivity contribution >= 4 is 29.1 Å². The van der Waals surface area contributed by atoms with Gasteiger partial charge in [0.15, 0.2) is 0 Å². The van der Waals surface area contributed by atoms with E-state index in [1.165, 1.54) is 7.11 Å². The predicted octanol–water partition coefficient (Wildman–Crippen LogP) is 3.51. The minimum atomic E-state index is -0.289. The molecule has 3 rings (SSSR count). The van der Waals surface area contributed by atoms with Gasteiger partial charge in [-0.2, -0.15) is 0 Å². The van der Waals surface area contributed by atoms with Crippen LogP contribution < -0.4 is 15.4 Å². The van der Waals surface area contributed by atoms with Crippen molar-refractivity contribution in [2.24, 2.45) is 0 Å². The fourth-order valence-corrected chi connectivity index (χ4v) is 3.09. The van der Waals surface area contributed by atoms with Crippen molar-refractivity contribution in [3.8, 4) is 5.75 Å². The zero-order valence-corrected chi connectivity index (χ0v) is 15.7. The van der Waals surface area contributed by atoms with Crippen LogP contribution in [0.4, 0.5) is 5.69 Å². The number of carbonyl (C=O) groups excluding carboxylic acids is 2. The van der Waals surface area contributed by atoms with E-state index in [0.717, 1.165) is 19.4 Å². The summed E-state index contributed by atoms with van der Waals surface area (Å²) < 4.78 is 10.6. The van der Waals surface area contributed by atoms with Gasteiger partial charge in [0.1, 0.15) is 5.75 Å². The second-order valence-corrected chi connectivity index (χ2v) is 6.63. The van der Waals surface area contributed by atoms with Gasteiger partial charge in [0, 0.05) is 30.0 Å². The van der Waals surface area contributed by atoms with Crippen molar-refractivity contribution in [3.05, 3.63) is 58.6 Å². The summed E-state index contributed by atoms with van der Waals surface area (Å²) in [6.07, 6.45) is 2.09. The lowest BCUT2D eigenvalue weighted by Gasteiger charge is -2.11. The number of benzene rings is 2. The molecule has 27 heavy (non-hydrogen) atoms. The zero-order chi connectivity index (χ0) is 19.2. The normalized spacial score (nSPS) is 16.0. The lowest BCUT2D eigenvalue weighted by Crippen LogP contribution is -2.31. The molecule has 2 aromatic rings. The first-order valence-electron chi connectivity index (χ1n) is 8.71. The molecule has 1 aliphatic rings. The second-order valence-electron chi connectivity index (χ2n) is 6.23. The molecule has 1 aliphatic heterocycles. The average molecular weight is 389 g/mol. The number of hydrogen-bond donors (Lipinski definition) is 2. The van der Waals surface area contributed by atoms with Crippen molar-refractivity contribution in [3.63, 3.8) is 0 Å². The smallest absolute Gasteiger partial charge is 0.255 e. The monoisotopic (exact) mass is 388 g/mol. The predicted molar refractivity (Wildman–Crippen MR) is 104 cm³/mol. The van der Waals surface area contributed by atoms with Crippen LogP contribution >= 0.6 is 11.6 Å². The van der Waals surface area contributed by atoms with E-state index in [4.69, 9.17) is 21.1 Å². The van der Waals surface area contributed by atoms with Gasteiger partial charge in [0.25, 0.3) is 11.8 Å². The van der Waals surface area contributed by atoms with Crippen LogP contribution in [0, 0.1) is 0 Å². The molecule has 2 amide bonds. The van der Waals surface area contributed by atoms with Crippen LogP contribution in [0.3, 0.4) is 0 Å². The van der Waals surface area contributed by atoms with Gasteiger partial charge in [-0.15, -0.1) is 0 Å². The molecule has 2 aromatic carbocycles. The number of ether oxygens (including phenoxy) is 2. The SMILES string of the molecule is COc1ccc(NC(=O)c2ccc(C(=O)NCC3CCCO3)cc2)cc1Cl. The molecule has 0 aromatic heterocycles. The van der Waals surface area contributed by atoms with Crippen LogP contribution in [0.1, 0.15) is 33.6 Å². The van der Waals surface area contributed by atoms with Gasteiger partial charge in [-0.3, -0.25) is 9.59 Å². The summed E-state index contributed by atoms with van der Waals surface area (Å²) >= 11 is 6.06. The molecule has 142 valence electrons. The lowest BCUT2D eigenvalue weighted by molar-refractivity contribution is 0.0857. The van der Waals surface area contributed by atoms with Gasteiger partial charge in [-0.1, -0.05) is 11.6 Å². The molecule has 1 saturated heterocycles. The zero-order valence-electron chi connectivity index (χ0n) is 15.0. The molecule has 0 radical (unpaired) electrons.